The number of hydrogen-bond donors (Lipinski definition) is 3. The van der Waals surface area contributed by atoms with Crippen LogP contribution in [0.2, 0.25) is 0 Å². The molecule has 0 aromatic heterocycles. The highest BCUT2D eigenvalue weighted by atomic mass is 16.5. The highest BCUT2D eigenvalue weighted by Gasteiger charge is 2.18. The molecule has 2 heterocycles. The lowest BCUT2D eigenvalue weighted by molar-refractivity contribution is 0.188. The Labute approximate surface area is 96.3 Å². The Morgan fingerprint density at radius 1 is 1.44 bits per heavy atom. The van der Waals surface area contributed by atoms with E-state index in [1.807, 2.05) is 0 Å². The Kier molecular flexibility index (Phi) is 4.42. The van der Waals surface area contributed by atoms with E-state index >= 15 is 0 Å². The summed E-state index contributed by atoms with van der Waals surface area (Å²) in [6.45, 7) is 4.40. The summed E-state index contributed by atoms with van der Waals surface area (Å²) in [5.41, 5.74) is 0. The van der Waals surface area contributed by atoms with E-state index in [9.17, 15) is 4.79 Å². The van der Waals surface area contributed by atoms with E-state index < -0.39 is 0 Å². The van der Waals surface area contributed by atoms with Gasteiger partial charge >= 0.3 is 6.03 Å². The molecule has 2 fully saturated rings. The summed E-state index contributed by atoms with van der Waals surface area (Å²) in [7, 11) is 0. The summed E-state index contributed by atoms with van der Waals surface area (Å²) in [6.07, 6.45) is 3.24. The van der Waals surface area contributed by atoms with Crippen LogP contribution in [-0.2, 0) is 4.74 Å². The molecular weight excluding hydrogens is 206 g/mol. The molecule has 0 aliphatic carbocycles. The molecule has 0 bridgehead atoms. The van der Waals surface area contributed by atoms with Crippen molar-refractivity contribution in [3.63, 3.8) is 0 Å². The Morgan fingerprint density at radius 3 is 3.06 bits per heavy atom. The van der Waals surface area contributed by atoms with Gasteiger partial charge in [0.25, 0.3) is 0 Å². The number of rotatable bonds is 4. The molecule has 5 nitrogen and oxygen atoms in total. The van der Waals surface area contributed by atoms with Crippen LogP contribution in [0.4, 0.5) is 4.79 Å². The van der Waals surface area contributed by atoms with Crippen molar-refractivity contribution in [2.45, 2.75) is 25.3 Å². The van der Waals surface area contributed by atoms with Crippen LogP contribution >= 0.6 is 0 Å². The monoisotopic (exact) mass is 227 g/mol. The fourth-order valence-electron chi connectivity index (χ4n) is 2.24. The van der Waals surface area contributed by atoms with E-state index in [0.717, 1.165) is 45.0 Å². The van der Waals surface area contributed by atoms with Crippen molar-refractivity contribution in [1.29, 1.82) is 0 Å². The lowest BCUT2D eigenvalue weighted by Crippen LogP contribution is -2.42. The largest absolute Gasteiger partial charge is 0.379 e. The van der Waals surface area contributed by atoms with Crippen molar-refractivity contribution in [1.82, 2.24) is 16.0 Å². The molecule has 0 spiro atoms. The van der Waals surface area contributed by atoms with Gasteiger partial charge in [-0.3, -0.25) is 0 Å². The molecule has 3 N–H and O–H groups in total. The maximum absolute atomic E-state index is 11.5. The minimum Gasteiger partial charge on any atom is -0.379 e. The zero-order valence-corrected chi connectivity index (χ0v) is 9.63. The molecule has 0 aromatic carbocycles. The summed E-state index contributed by atoms with van der Waals surface area (Å²) in [5, 5.41) is 9.14. The molecule has 2 rings (SSSR count). The Balaban J connectivity index is 1.52. The van der Waals surface area contributed by atoms with Gasteiger partial charge < -0.3 is 20.7 Å². The summed E-state index contributed by atoms with van der Waals surface area (Å²) in [6, 6.07) is 0.148. The van der Waals surface area contributed by atoms with Crippen molar-refractivity contribution < 1.29 is 9.53 Å². The van der Waals surface area contributed by atoms with E-state index in [4.69, 9.17) is 4.74 Å². The van der Waals surface area contributed by atoms with Crippen molar-refractivity contribution in [3.05, 3.63) is 0 Å². The van der Waals surface area contributed by atoms with Gasteiger partial charge in [0.2, 0.25) is 0 Å². The molecule has 92 valence electrons. The Hall–Kier alpha value is -0.810. The second kappa shape index (κ2) is 6.06. The molecule has 5 heteroatoms. The van der Waals surface area contributed by atoms with E-state index in [1.54, 1.807) is 0 Å². The summed E-state index contributed by atoms with van der Waals surface area (Å²) >= 11 is 0. The third-order valence-corrected chi connectivity index (χ3v) is 3.27. The first-order valence-electron chi connectivity index (χ1n) is 6.17. The quantitative estimate of drug-likeness (QED) is 0.637. The van der Waals surface area contributed by atoms with Gasteiger partial charge in [0, 0.05) is 13.2 Å². The first kappa shape index (κ1) is 11.7. The number of amides is 2. The predicted molar refractivity (Wildman–Crippen MR) is 61.4 cm³/mol. The number of ether oxygens (including phenoxy) is 1. The molecule has 2 unspecified atom stereocenters. The van der Waals surface area contributed by atoms with Gasteiger partial charge in [0.05, 0.1) is 12.6 Å². The fraction of sp³-hybridized carbons (Fsp3) is 0.909. The van der Waals surface area contributed by atoms with Crippen LogP contribution in [0.15, 0.2) is 0 Å². The number of carbonyl (C=O) groups is 1. The van der Waals surface area contributed by atoms with Gasteiger partial charge in [-0.05, 0) is 38.3 Å². The standard InChI is InChI=1S/C11H21N3O2/c15-11(14-10-3-6-16-8-10)13-5-2-9-1-4-12-7-9/h9-10,12H,1-8H2,(H2,13,14,15). The molecule has 2 aliphatic rings. The molecule has 2 atom stereocenters. The predicted octanol–water partition coefficient (Wildman–Crippen LogP) is 0.0741. The fourth-order valence-corrected chi connectivity index (χ4v) is 2.24. The van der Waals surface area contributed by atoms with Crippen LogP contribution in [0.1, 0.15) is 19.3 Å². The zero-order valence-electron chi connectivity index (χ0n) is 9.63. The summed E-state index contributed by atoms with van der Waals surface area (Å²) in [4.78, 5) is 11.5. The Bertz CT molecular complexity index is 223. The van der Waals surface area contributed by atoms with E-state index in [-0.39, 0.29) is 12.1 Å². The van der Waals surface area contributed by atoms with Crippen molar-refractivity contribution in [3.8, 4) is 0 Å². The average Bonchev–Trinajstić information content (AvgIpc) is 2.90. The average molecular weight is 227 g/mol. The van der Waals surface area contributed by atoms with Crippen LogP contribution in [0.5, 0.6) is 0 Å². The van der Waals surface area contributed by atoms with Crippen molar-refractivity contribution >= 4 is 6.03 Å². The summed E-state index contributed by atoms with van der Waals surface area (Å²) < 4.78 is 5.19. The highest BCUT2D eigenvalue weighted by Crippen LogP contribution is 2.10. The lowest BCUT2D eigenvalue weighted by Gasteiger charge is -2.13. The molecule has 0 aromatic rings. The van der Waals surface area contributed by atoms with Crippen molar-refractivity contribution in [2.24, 2.45) is 5.92 Å². The minimum absolute atomic E-state index is 0.0542. The topological polar surface area (TPSA) is 62.4 Å². The minimum atomic E-state index is -0.0542. The van der Waals surface area contributed by atoms with E-state index in [1.165, 1.54) is 6.42 Å². The van der Waals surface area contributed by atoms with Gasteiger partial charge in [0.1, 0.15) is 0 Å². The van der Waals surface area contributed by atoms with Crippen LogP contribution in [0.3, 0.4) is 0 Å². The van der Waals surface area contributed by atoms with E-state index in [2.05, 4.69) is 16.0 Å². The zero-order chi connectivity index (χ0) is 11.2. The lowest BCUT2D eigenvalue weighted by atomic mass is 10.1. The first-order chi connectivity index (χ1) is 7.84. The maximum Gasteiger partial charge on any atom is 0.315 e. The van der Waals surface area contributed by atoms with Crippen molar-refractivity contribution in [2.75, 3.05) is 32.8 Å². The number of urea groups is 1. The molecule has 2 aliphatic heterocycles. The summed E-state index contributed by atoms with van der Waals surface area (Å²) in [5.74, 6) is 0.732. The van der Waals surface area contributed by atoms with Gasteiger partial charge in [0.15, 0.2) is 0 Å². The number of nitrogens with one attached hydrogen (secondary N) is 3. The third kappa shape index (κ3) is 3.64. The van der Waals surface area contributed by atoms with Gasteiger partial charge in [-0.1, -0.05) is 0 Å². The third-order valence-electron chi connectivity index (χ3n) is 3.27. The normalized spacial score (nSPS) is 29.2. The molecule has 2 saturated heterocycles. The second-order valence-corrected chi connectivity index (χ2v) is 4.61. The maximum atomic E-state index is 11.5. The molecule has 0 saturated carbocycles. The van der Waals surface area contributed by atoms with Crippen LogP contribution in [0.25, 0.3) is 0 Å². The molecule has 2 amide bonds. The van der Waals surface area contributed by atoms with Gasteiger partial charge in [-0.25, -0.2) is 4.79 Å². The molecule has 0 radical (unpaired) electrons. The van der Waals surface area contributed by atoms with Gasteiger partial charge in [-0.2, -0.15) is 0 Å². The number of carbonyl (C=O) groups excluding carboxylic acids is 1. The second-order valence-electron chi connectivity index (χ2n) is 4.61. The van der Waals surface area contributed by atoms with E-state index in [0.29, 0.717) is 6.61 Å². The highest BCUT2D eigenvalue weighted by molar-refractivity contribution is 5.74. The SMILES string of the molecule is O=C(NCCC1CCNC1)NC1CCOC1. The van der Waals surface area contributed by atoms with Gasteiger partial charge in [-0.15, -0.1) is 0 Å². The molecule has 16 heavy (non-hydrogen) atoms. The molecular formula is C11H21N3O2. The first-order valence-corrected chi connectivity index (χ1v) is 6.17. The van der Waals surface area contributed by atoms with Crippen LogP contribution in [-0.4, -0.2) is 44.9 Å². The van der Waals surface area contributed by atoms with Crippen LogP contribution < -0.4 is 16.0 Å². The Morgan fingerprint density at radius 2 is 2.38 bits per heavy atom. The number of hydrogen-bond acceptors (Lipinski definition) is 3. The van der Waals surface area contributed by atoms with Crippen LogP contribution in [0, 0.1) is 5.92 Å². The smallest absolute Gasteiger partial charge is 0.315 e.